The summed E-state index contributed by atoms with van der Waals surface area (Å²) in [4.78, 5) is 7.60. The third-order valence-electron chi connectivity index (χ3n) is 3.80. The molecule has 96 valence electrons. The first-order chi connectivity index (χ1) is 9.92. The second kappa shape index (κ2) is 4.49. The molecule has 0 aliphatic heterocycles. The van der Waals surface area contributed by atoms with Gasteiger partial charge in [-0.3, -0.25) is 0 Å². The van der Waals surface area contributed by atoms with Gasteiger partial charge in [0.05, 0.1) is 0 Å². The molecule has 0 fully saturated rings. The Morgan fingerprint density at radius 1 is 0.800 bits per heavy atom. The van der Waals surface area contributed by atoms with E-state index in [0.717, 1.165) is 12.1 Å². The lowest BCUT2D eigenvalue weighted by Gasteiger charge is -2.05. The standard InChI is InChI=1S/C18H14N2/c1-2-8-16-13(5-1)6-3-7-14(16)11-15-12-20-18-17(15)9-4-10-19-18/h1-10,12H,11H2,(H,19,20). The van der Waals surface area contributed by atoms with Crippen LogP contribution in [0, 0.1) is 0 Å². The van der Waals surface area contributed by atoms with Crippen LogP contribution in [0.2, 0.25) is 0 Å². The van der Waals surface area contributed by atoms with Gasteiger partial charge in [0.15, 0.2) is 0 Å². The smallest absolute Gasteiger partial charge is 0.137 e. The summed E-state index contributed by atoms with van der Waals surface area (Å²) >= 11 is 0. The van der Waals surface area contributed by atoms with Gasteiger partial charge in [-0.2, -0.15) is 0 Å². The maximum Gasteiger partial charge on any atom is 0.137 e. The summed E-state index contributed by atoms with van der Waals surface area (Å²) in [5.41, 5.74) is 3.61. The number of nitrogens with zero attached hydrogens (tertiary/aromatic N) is 1. The lowest BCUT2D eigenvalue weighted by Crippen LogP contribution is -1.88. The van der Waals surface area contributed by atoms with E-state index in [9.17, 15) is 0 Å². The van der Waals surface area contributed by atoms with E-state index >= 15 is 0 Å². The van der Waals surface area contributed by atoms with E-state index in [4.69, 9.17) is 0 Å². The first-order valence-electron chi connectivity index (χ1n) is 6.79. The fraction of sp³-hybridized carbons (Fsp3) is 0.0556. The molecule has 2 heterocycles. The molecule has 0 spiro atoms. The number of benzene rings is 2. The Hall–Kier alpha value is -2.61. The van der Waals surface area contributed by atoms with Crippen LogP contribution in [-0.2, 0) is 6.42 Å². The van der Waals surface area contributed by atoms with Crippen molar-refractivity contribution in [3.63, 3.8) is 0 Å². The summed E-state index contributed by atoms with van der Waals surface area (Å²) in [6.07, 6.45) is 4.81. The molecule has 0 unspecified atom stereocenters. The van der Waals surface area contributed by atoms with Gasteiger partial charge < -0.3 is 4.98 Å². The molecule has 1 N–H and O–H groups in total. The fourth-order valence-electron chi connectivity index (χ4n) is 2.81. The second-order valence-electron chi connectivity index (χ2n) is 5.03. The third kappa shape index (κ3) is 1.77. The van der Waals surface area contributed by atoms with Crippen molar-refractivity contribution in [3.05, 3.63) is 78.1 Å². The number of hydrogen-bond acceptors (Lipinski definition) is 1. The maximum atomic E-state index is 4.35. The lowest BCUT2D eigenvalue weighted by atomic mass is 9.99. The van der Waals surface area contributed by atoms with Crippen LogP contribution < -0.4 is 0 Å². The largest absolute Gasteiger partial charge is 0.346 e. The summed E-state index contributed by atoms with van der Waals surface area (Å²) in [5, 5.41) is 3.83. The van der Waals surface area contributed by atoms with Gasteiger partial charge in [0.2, 0.25) is 0 Å². The van der Waals surface area contributed by atoms with Crippen molar-refractivity contribution >= 4 is 21.8 Å². The van der Waals surface area contributed by atoms with Crippen LogP contribution >= 0.6 is 0 Å². The van der Waals surface area contributed by atoms with E-state index in [2.05, 4.69) is 64.7 Å². The van der Waals surface area contributed by atoms with E-state index in [0.29, 0.717) is 0 Å². The molecule has 4 aromatic rings. The van der Waals surface area contributed by atoms with Gasteiger partial charge in [0.25, 0.3) is 0 Å². The van der Waals surface area contributed by atoms with Crippen LogP contribution in [0.5, 0.6) is 0 Å². The minimum atomic E-state index is 0.924. The molecule has 0 radical (unpaired) electrons. The number of H-pyrrole nitrogens is 1. The van der Waals surface area contributed by atoms with Crippen LogP contribution in [0.3, 0.4) is 0 Å². The van der Waals surface area contributed by atoms with Crippen molar-refractivity contribution < 1.29 is 0 Å². The topological polar surface area (TPSA) is 28.7 Å². The van der Waals surface area contributed by atoms with Gasteiger partial charge in [-0.1, -0.05) is 42.5 Å². The average Bonchev–Trinajstić information content (AvgIpc) is 2.91. The molecular weight excluding hydrogens is 244 g/mol. The zero-order chi connectivity index (χ0) is 13.4. The quantitative estimate of drug-likeness (QED) is 0.570. The molecule has 0 saturated carbocycles. The second-order valence-corrected chi connectivity index (χ2v) is 5.03. The Bertz CT molecular complexity index is 885. The minimum absolute atomic E-state index is 0.924. The van der Waals surface area contributed by atoms with Crippen molar-refractivity contribution in [1.29, 1.82) is 0 Å². The lowest BCUT2D eigenvalue weighted by molar-refractivity contribution is 1.23. The molecule has 20 heavy (non-hydrogen) atoms. The summed E-state index contributed by atoms with van der Waals surface area (Å²) < 4.78 is 0. The van der Waals surface area contributed by atoms with E-state index in [1.807, 2.05) is 12.3 Å². The number of pyridine rings is 1. The SMILES string of the molecule is c1ccc2c(Cc3c[nH]c4ncccc34)cccc2c1. The van der Waals surface area contributed by atoms with Crippen LogP contribution in [0.25, 0.3) is 21.8 Å². The van der Waals surface area contributed by atoms with E-state index in [1.165, 1.54) is 27.3 Å². The summed E-state index contributed by atoms with van der Waals surface area (Å²) in [5.74, 6) is 0. The highest BCUT2D eigenvalue weighted by Crippen LogP contribution is 2.24. The fourth-order valence-corrected chi connectivity index (χ4v) is 2.81. The number of fused-ring (bicyclic) bond motifs is 2. The number of aromatic nitrogens is 2. The van der Waals surface area contributed by atoms with Gasteiger partial charge in [-0.15, -0.1) is 0 Å². The molecule has 0 aliphatic carbocycles. The van der Waals surface area contributed by atoms with Crippen LogP contribution in [0.4, 0.5) is 0 Å². The minimum Gasteiger partial charge on any atom is -0.346 e. The molecule has 0 aliphatic rings. The first-order valence-corrected chi connectivity index (χ1v) is 6.79. The average molecular weight is 258 g/mol. The van der Waals surface area contributed by atoms with Crippen molar-refractivity contribution in [1.82, 2.24) is 9.97 Å². The van der Waals surface area contributed by atoms with Crippen molar-refractivity contribution in [2.24, 2.45) is 0 Å². The Morgan fingerprint density at radius 2 is 1.65 bits per heavy atom. The van der Waals surface area contributed by atoms with Crippen LogP contribution in [0.15, 0.2) is 67.0 Å². The number of hydrogen-bond donors (Lipinski definition) is 1. The molecule has 0 amide bonds. The predicted molar refractivity (Wildman–Crippen MR) is 82.8 cm³/mol. The Balaban J connectivity index is 1.85. The zero-order valence-electron chi connectivity index (χ0n) is 11.0. The van der Waals surface area contributed by atoms with Gasteiger partial charge in [-0.25, -0.2) is 4.98 Å². The van der Waals surface area contributed by atoms with Gasteiger partial charge >= 0.3 is 0 Å². The Labute approximate surface area is 117 Å². The molecule has 0 bridgehead atoms. The monoisotopic (exact) mass is 258 g/mol. The van der Waals surface area contributed by atoms with E-state index < -0.39 is 0 Å². The zero-order valence-corrected chi connectivity index (χ0v) is 11.0. The Morgan fingerprint density at radius 3 is 2.65 bits per heavy atom. The first kappa shape index (κ1) is 11.2. The van der Waals surface area contributed by atoms with Gasteiger partial charge in [0.1, 0.15) is 5.65 Å². The van der Waals surface area contributed by atoms with Crippen LogP contribution in [-0.4, -0.2) is 9.97 Å². The molecule has 2 heteroatoms. The van der Waals surface area contributed by atoms with E-state index in [1.54, 1.807) is 0 Å². The van der Waals surface area contributed by atoms with E-state index in [-0.39, 0.29) is 0 Å². The molecule has 2 aromatic heterocycles. The van der Waals surface area contributed by atoms with Gasteiger partial charge in [-0.05, 0) is 34.0 Å². The number of rotatable bonds is 2. The summed E-state index contributed by atoms with van der Waals surface area (Å²) in [7, 11) is 0. The van der Waals surface area contributed by atoms with Crippen molar-refractivity contribution in [2.45, 2.75) is 6.42 Å². The molecule has 2 aromatic carbocycles. The molecule has 4 rings (SSSR count). The number of aromatic amines is 1. The van der Waals surface area contributed by atoms with Crippen molar-refractivity contribution in [2.75, 3.05) is 0 Å². The predicted octanol–water partition coefficient (Wildman–Crippen LogP) is 4.31. The summed E-state index contributed by atoms with van der Waals surface area (Å²) in [6, 6.07) is 19.2. The van der Waals surface area contributed by atoms with Gasteiger partial charge in [0, 0.05) is 24.2 Å². The third-order valence-corrected chi connectivity index (χ3v) is 3.80. The molecule has 2 nitrogen and oxygen atoms in total. The summed E-state index contributed by atoms with van der Waals surface area (Å²) in [6.45, 7) is 0. The maximum absolute atomic E-state index is 4.35. The number of nitrogens with one attached hydrogen (secondary N) is 1. The normalized spacial score (nSPS) is 11.2. The highest BCUT2D eigenvalue weighted by molar-refractivity contribution is 5.87. The Kier molecular flexibility index (Phi) is 2.52. The van der Waals surface area contributed by atoms with Crippen LogP contribution in [0.1, 0.15) is 11.1 Å². The van der Waals surface area contributed by atoms with Crippen molar-refractivity contribution in [3.8, 4) is 0 Å². The molecular formula is C18H14N2. The highest BCUT2D eigenvalue weighted by Gasteiger charge is 2.07. The molecule has 0 saturated heterocycles. The molecule has 0 atom stereocenters. The highest BCUT2D eigenvalue weighted by atomic mass is 14.8.